The van der Waals surface area contributed by atoms with Gasteiger partial charge in [0.15, 0.2) is 0 Å². The van der Waals surface area contributed by atoms with Crippen molar-refractivity contribution in [2.45, 2.75) is 6.04 Å². The third kappa shape index (κ3) is 2.77. The van der Waals surface area contributed by atoms with Gasteiger partial charge < -0.3 is 0 Å². The van der Waals surface area contributed by atoms with Gasteiger partial charge in [-0.05, 0) is 50.1 Å². The molecule has 0 aliphatic heterocycles. The van der Waals surface area contributed by atoms with Gasteiger partial charge in [0.1, 0.15) is 5.82 Å². The van der Waals surface area contributed by atoms with E-state index in [-0.39, 0.29) is 5.82 Å². The lowest BCUT2D eigenvalue weighted by Crippen LogP contribution is -2.30. The van der Waals surface area contributed by atoms with Crippen molar-refractivity contribution >= 4 is 31.9 Å². The van der Waals surface area contributed by atoms with E-state index in [1.165, 1.54) is 0 Å². The highest BCUT2D eigenvalue weighted by Gasteiger charge is 2.19. The fourth-order valence-corrected chi connectivity index (χ4v) is 2.25. The Hall–Kier alpha value is -0.820. The van der Waals surface area contributed by atoms with Crippen molar-refractivity contribution in [3.05, 3.63) is 62.5 Å². The number of halogens is 3. The van der Waals surface area contributed by atoms with E-state index in [0.717, 1.165) is 4.47 Å². The van der Waals surface area contributed by atoms with Gasteiger partial charge in [-0.1, -0.05) is 12.1 Å². The van der Waals surface area contributed by atoms with E-state index in [9.17, 15) is 4.39 Å². The lowest BCUT2D eigenvalue weighted by atomic mass is 10.0. The summed E-state index contributed by atoms with van der Waals surface area (Å²) < 4.78 is 15.3. The van der Waals surface area contributed by atoms with E-state index in [4.69, 9.17) is 5.84 Å². The minimum absolute atomic E-state index is 0.342. The molecule has 0 saturated carbocycles. The molecule has 0 aliphatic rings. The monoisotopic (exact) mass is 373 g/mol. The van der Waals surface area contributed by atoms with E-state index in [1.807, 2.05) is 6.07 Å². The molecule has 0 aliphatic carbocycles. The molecule has 3 nitrogen and oxygen atoms in total. The minimum atomic E-state index is -0.490. The summed E-state index contributed by atoms with van der Waals surface area (Å²) >= 11 is 6.46. The summed E-state index contributed by atoms with van der Waals surface area (Å²) in [5.74, 6) is 5.17. The van der Waals surface area contributed by atoms with Crippen LogP contribution in [0.15, 0.2) is 45.5 Å². The molecule has 2 rings (SSSR count). The third-order valence-corrected chi connectivity index (χ3v) is 3.59. The van der Waals surface area contributed by atoms with E-state index < -0.39 is 6.04 Å². The molecule has 1 aromatic carbocycles. The maximum absolute atomic E-state index is 14.0. The number of nitrogens with two attached hydrogens (primary N) is 1. The molecule has 0 fully saturated rings. The van der Waals surface area contributed by atoms with Crippen LogP contribution in [0.3, 0.4) is 0 Å². The molecule has 1 heterocycles. The summed E-state index contributed by atoms with van der Waals surface area (Å²) in [7, 11) is 0. The number of hydrogen-bond acceptors (Lipinski definition) is 3. The highest BCUT2D eigenvalue weighted by atomic mass is 79.9. The summed E-state index contributed by atoms with van der Waals surface area (Å²) in [6.07, 6.45) is 1.65. The van der Waals surface area contributed by atoms with Crippen LogP contribution in [0, 0.1) is 5.82 Å². The van der Waals surface area contributed by atoms with Crippen LogP contribution in [0.1, 0.15) is 17.3 Å². The fourth-order valence-electron chi connectivity index (χ4n) is 1.64. The number of hydrazine groups is 1. The van der Waals surface area contributed by atoms with Gasteiger partial charge in [-0.2, -0.15) is 0 Å². The number of nitrogens with one attached hydrogen (secondary N) is 1. The molecule has 0 amide bonds. The number of rotatable bonds is 3. The molecular weight excluding hydrogens is 365 g/mol. The number of nitrogens with zero attached hydrogens (tertiary/aromatic N) is 1. The molecule has 1 aromatic heterocycles. The number of benzene rings is 1. The average molecular weight is 375 g/mol. The maximum Gasteiger partial charge on any atom is 0.142 e. The smallest absolute Gasteiger partial charge is 0.142 e. The van der Waals surface area contributed by atoms with Crippen LogP contribution in [0.2, 0.25) is 0 Å². The van der Waals surface area contributed by atoms with Crippen molar-refractivity contribution in [2.75, 3.05) is 0 Å². The van der Waals surface area contributed by atoms with E-state index in [0.29, 0.717) is 15.7 Å². The van der Waals surface area contributed by atoms with Crippen LogP contribution >= 0.6 is 31.9 Å². The lowest BCUT2D eigenvalue weighted by Gasteiger charge is -2.17. The van der Waals surface area contributed by atoms with E-state index in [2.05, 4.69) is 42.3 Å². The molecule has 94 valence electrons. The van der Waals surface area contributed by atoms with Crippen LogP contribution in [-0.4, -0.2) is 4.98 Å². The first-order chi connectivity index (χ1) is 8.63. The van der Waals surface area contributed by atoms with Gasteiger partial charge in [-0.15, -0.1) is 0 Å². The topological polar surface area (TPSA) is 50.9 Å². The highest BCUT2D eigenvalue weighted by Crippen LogP contribution is 2.27. The van der Waals surface area contributed by atoms with Crippen LogP contribution in [-0.2, 0) is 0 Å². The molecule has 1 atom stereocenters. The van der Waals surface area contributed by atoms with Crippen molar-refractivity contribution in [1.82, 2.24) is 10.4 Å². The predicted octanol–water partition coefficient (Wildman–Crippen LogP) is 3.30. The predicted molar refractivity (Wildman–Crippen MR) is 75.2 cm³/mol. The first-order valence-corrected chi connectivity index (χ1v) is 6.73. The number of pyridine rings is 1. The maximum atomic E-state index is 14.0. The Bertz CT molecular complexity index is 546. The van der Waals surface area contributed by atoms with Crippen molar-refractivity contribution in [3.8, 4) is 0 Å². The van der Waals surface area contributed by atoms with Gasteiger partial charge in [0.25, 0.3) is 0 Å². The first kappa shape index (κ1) is 13.6. The quantitative estimate of drug-likeness (QED) is 0.640. The Morgan fingerprint density at radius 2 is 2.00 bits per heavy atom. The second-order valence-electron chi connectivity index (χ2n) is 3.64. The fraction of sp³-hybridized carbons (Fsp3) is 0.0833. The summed E-state index contributed by atoms with van der Waals surface area (Å²) in [6.45, 7) is 0. The number of aromatic nitrogens is 1. The standard InChI is InChI=1S/C12H10Br2FN3/c13-7-4-5-10(17-6-7)12(18-16)8-2-1-3-9(14)11(8)15/h1-6,12,18H,16H2. The van der Waals surface area contributed by atoms with Crippen LogP contribution in [0.4, 0.5) is 4.39 Å². The second-order valence-corrected chi connectivity index (χ2v) is 5.41. The third-order valence-electron chi connectivity index (χ3n) is 2.51. The van der Waals surface area contributed by atoms with Gasteiger partial charge in [0.2, 0.25) is 0 Å². The molecule has 18 heavy (non-hydrogen) atoms. The second kappa shape index (κ2) is 5.88. The van der Waals surface area contributed by atoms with Crippen molar-refractivity contribution in [3.63, 3.8) is 0 Å². The van der Waals surface area contributed by atoms with Crippen LogP contribution in [0.5, 0.6) is 0 Å². The van der Waals surface area contributed by atoms with E-state index in [1.54, 1.807) is 30.5 Å². The Morgan fingerprint density at radius 1 is 1.22 bits per heavy atom. The Labute approximate surface area is 121 Å². The average Bonchev–Trinajstić information content (AvgIpc) is 2.37. The van der Waals surface area contributed by atoms with Crippen molar-refractivity contribution in [1.29, 1.82) is 0 Å². The molecule has 0 saturated heterocycles. The molecule has 6 heteroatoms. The summed E-state index contributed by atoms with van der Waals surface area (Å²) in [6, 6.07) is 8.20. The van der Waals surface area contributed by atoms with Gasteiger partial charge >= 0.3 is 0 Å². The molecule has 1 unspecified atom stereocenters. The van der Waals surface area contributed by atoms with E-state index >= 15 is 0 Å². The Kier molecular flexibility index (Phi) is 4.45. The molecule has 0 bridgehead atoms. The van der Waals surface area contributed by atoms with Crippen LogP contribution in [0.25, 0.3) is 0 Å². The first-order valence-electron chi connectivity index (χ1n) is 5.15. The summed E-state index contributed by atoms with van der Waals surface area (Å²) in [5, 5.41) is 0. The molecular formula is C12H10Br2FN3. The Balaban J connectivity index is 2.45. The van der Waals surface area contributed by atoms with Crippen molar-refractivity contribution in [2.24, 2.45) is 5.84 Å². The zero-order valence-corrected chi connectivity index (χ0v) is 12.4. The molecule has 3 N–H and O–H groups in total. The highest BCUT2D eigenvalue weighted by molar-refractivity contribution is 9.10. The molecule has 2 aromatic rings. The zero-order chi connectivity index (χ0) is 13.1. The van der Waals surface area contributed by atoms with Gasteiger partial charge in [0.05, 0.1) is 16.2 Å². The van der Waals surface area contributed by atoms with Crippen LogP contribution < -0.4 is 11.3 Å². The minimum Gasteiger partial charge on any atom is -0.271 e. The van der Waals surface area contributed by atoms with Crippen molar-refractivity contribution < 1.29 is 4.39 Å². The SMILES string of the molecule is NNC(c1ccc(Br)cn1)c1cccc(Br)c1F. The lowest BCUT2D eigenvalue weighted by molar-refractivity contribution is 0.549. The van der Waals surface area contributed by atoms with Gasteiger partial charge in [-0.3, -0.25) is 10.8 Å². The van der Waals surface area contributed by atoms with Gasteiger partial charge in [0, 0.05) is 16.2 Å². The normalized spacial score (nSPS) is 12.4. The zero-order valence-electron chi connectivity index (χ0n) is 9.20. The largest absolute Gasteiger partial charge is 0.271 e. The summed E-state index contributed by atoms with van der Waals surface area (Å²) in [5.41, 5.74) is 3.68. The Morgan fingerprint density at radius 3 is 2.61 bits per heavy atom. The van der Waals surface area contributed by atoms with Gasteiger partial charge in [-0.25, -0.2) is 9.82 Å². The summed E-state index contributed by atoms with van der Waals surface area (Å²) in [4.78, 5) is 4.23. The molecule has 0 spiro atoms. The number of hydrogen-bond donors (Lipinski definition) is 2. The molecule has 0 radical (unpaired) electrons.